The van der Waals surface area contributed by atoms with E-state index in [-0.39, 0.29) is 30.2 Å². The lowest BCUT2D eigenvalue weighted by atomic mass is 10.2. The highest BCUT2D eigenvalue weighted by atomic mass is 16.6. The molecule has 2 amide bonds. The van der Waals surface area contributed by atoms with Gasteiger partial charge in [0.25, 0.3) is 0 Å². The first-order valence-corrected chi connectivity index (χ1v) is 8.89. The van der Waals surface area contributed by atoms with Crippen molar-refractivity contribution in [3.05, 3.63) is 17.5 Å². The molecule has 2 aliphatic rings. The fraction of sp³-hybridized carbons (Fsp3) is 0.667. The van der Waals surface area contributed by atoms with Gasteiger partial charge in [0.15, 0.2) is 0 Å². The van der Waals surface area contributed by atoms with Gasteiger partial charge in [0.2, 0.25) is 5.91 Å². The smallest absolute Gasteiger partial charge is 0.410 e. The zero-order valence-electron chi connectivity index (χ0n) is 16.0. The molecule has 3 rings (SSSR count). The molecule has 26 heavy (non-hydrogen) atoms. The molecule has 0 aliphatic carbocycles. The highest BCUT2D eigenvalue weighted by Crippen LogP contribution is 2.26. The first kappa shape index (κ1) is 18.4. The number of rotatable bonds is 2. The molecule has 1 saturated heterocycles. The van der Waals surface area contributed by atoms with Crippen molar-refractivity contribution in [2.45, 2.75) is 71.9 Å². The van der Waals surface area contributed by atoms with Crippen LogP contribution in [0.25, 0.3) is 0 Å². The Morgan fingerprint density at radius 2 is 2.00 bits per heavy atom. The van der Waals surface area contributed by atoms with E-state index in [9.17, 15) is 9.59 Å². The van der Waals surface area contributed by atoms with Crippen molar-refractivity contribution in [2.24, 2.45) is 0 Å². The third-order valence-corrected chi connectivity index (χ3v) is 4.52. The summed E-state index contributed by atoms with van der Waals surface area (Å²) in [4.78, 5) is 35.9. The van der Waals surface area contributed by atoms with Crippen LogP contribution < -0.4 is 4.74 Å². The summed E-state index contributed by atoms with van der Waals surface area (Å²) >= 11 is 0. The van der Waals surface area contributed by atoms with Gasteiger partial charge in [-0.25, -0.2) is 9.78 Å². The molecule has 1 aromatic heterocycles. The van der Waals surface area contributed by atoms with Crippen LogP contribution in [0, 0.1) is 0 Å². The third kappa shape index (κ3) is 4.05. The normalized spacial score (nSPS) is 22.3. The van der Waals surface area contributed by atoms with Crippen LogP contribution in [0.4, 0.5) is 4.79 Å². The zero-order valence-corrected chi connectivity index (χ0v) is 16.0. The van der Waals surface area contributed by atoms with Gasteiger partial charge in [-0.15, -0.1) is 0 Å². The van der Waals surface area contributed by atoms with Crippen LogP contribution in [0.5, 0.6) is 6.01 Å². The molecular weight excluding hydrogens is 336 g/mol. The molecule has 0 radical (unpaired) electrons. The Labute approximate surface area is 153 Å². The van der Waals surface area contributed by atoms with Crippen LogP contribution in [0.2, 0.25) is 0 Å². The average molecular weight is 362 g/mol. The van der Waals surface area contributed by atoms with E-state index in [2.05, 4.69) is 9.97 Å². The van der Waals surface area contributed by atoms with Crippen molar-refractivity contribution in [2.75, 3.05) is 6.54 Å². The van der Waals surface area contributed by atoms with Crippen LogP contribution in [0.15, 0.2) is 6.20 Å². The summed E-state index contributed by atoms with van der Waals surface area (Å²) in [6, 6.07) is 0.315. The lowest BCUT2D eigenvalue weighted by Gasteiger charge is -2.26. The number of carbonyl (C=O) groups is 2. The Kier molecular flexibility index (Phi) is 4.77. The van der Waals surface area contributed by atoms with E-state index in [1.807, 2.05) is 27.7 Å². The molecule has 3 heterocycles. The molecule has 0 aromatic carbocycles. The van der Waals surface area contributed by atoms with Crippen molar-refractivity contribution in [3.8, 4) is 6.01 Å². The van der Waals surface area contributed by atoms with Gasteiger partial charge in [-0.1, -0.05) is 0 Å². The second kappa shape index (κ2) is 6.74. The first-order valence-electron chi connectivity index (χ1n) is 8.89. The standard InChI is InChI=1S/C18H26N4O4/c1-11-6-14(9-22(11)17(24)26-18(3,4)5)25-16-19-7-13-8-21(12(2)23)10-15(13)20-16/h7,11,14H,6,8-10H2,1-5H3/t11-,14+/m0/s1. The largest absolute Gasteiger partial charge is 0.458 e. The maximum atomic E-state index is 12.3. The molecule has 0 saturated carbocycles. The Bertz CT molecular complexity index is 716. The van der Waals surface area contributed by atoms with E-state index in [4.69, 9.17) is 9.47 Å². The number of hydrogen-bond donors (Lipinski definition) is 0. The van der Waals surface area contributed by atoms with Crippen LogP contribution in [0.1, 0.15) is 52.3 Å². The highest BCUT2D eigenvalue weighted by molar-refractivity contribution is 5.73. The van der Waals surface area contributed by atoms with Crippen molar-refractivity contribution in [1.82, 2.24) is 19.8 Å². The molecule has 142 valence electrons. The maximum Gasteiger partial charge on any atom is 0.410 e. The summed E-state index contributed by atoms with van der Waals surface area (Å²) in [5.41, 5.74) is 1.24. The highest BCUT2D eigenvalue weighted by Gasteiger charge is 2.36. The Morgan fingerprint density at radius 3 is 2.65 bits per heavy atom. The lowest BCUT2D eigenvalue weighted by molar-refractivity contribution is -0.129. The third-order valence-electron chi connectivity index (χ3n) is 4.52. The molecule has 1 aromatic rings. The van der Waals surface area contributed by atoms with Gasteiger partial charge in [-0.3, -0.25) is 4.79 Å². The van der Waals surface area contributed by atoms with E-state index in [0.29, 0.717) is 26.1 Å². The summed E-state index contributed by atoms with van der Waals surface area (Å²) in [7, 11) is 0. The summed E-state index contributed by atoms with van der Waals surface area (Å²) in [5, 5.41) is 0. The topological polar surface area (TPSA) is 84.9 Å². The summed E-state index contributed by atoms with van der Waals surface area (Å²) in [6.45, 7) is 10.5. The Balaban J connectivity index is 1.62. The van der Waals surface area contributed by atoms with Crippen LogP contribution in [0.3, 0.4) is 0 Å². The minimum absolute atomic E-state index is 0.0167. The number of likely N-dealkylation sites (tertiary alicyclic amines) is 1. The fourth-order valence-corrected chi connectivity index (χ4v) is 3.21. The number of nitrogens with zero attached hydrogens (tertiary/aromatic N) is 4. The summed E-state index contributed by atoms with van der Waals surface area (Å²) in [5.74, 6) is 0.0167. The monoisotopic (exact) mass is 362 g/mol. The van der Waals surface area contributed by atoms with E-state index in [1.54, 1.807) is 22.9 Å². The lowest BCUT2D eigenvalue weighted by Crippen LogP contribution is -2.39. The summed E-state index contributed by atoms with van der Waals surface area (Å²) in [6.07, 6.45) is 1.90. The number of carbonyl (C=O) groups excluding carboxylic acids is 2. The van der Waals surface area contributed by atoms with Gasteiger partial charge in [0, 0.05) is 37.7 Å². The van der Waals surface area contributed by atoms with Crippen molar-refractivity contribution >= 4 is 12.0 Å². The van der Waals surface area contributed by atoms with Crippen molar-refractivity contribution in [3.63, 3.8) is 0 Å². The quantitative estimate of drug-likeness (QED) is 0.801. The molecule has 0 N–H and O–H groups in total. The SMILES string of the molecule is CC(=O)N1Cc2cnc(O[C@@H]3C[C@H](C)N(C(=O)OC(C)(C)C)C3)nc2C1. The zero-order chi connectivity index (χ0) is 19.1. The minimum Gasteiger partial charge on any atom is -0.458 e. The number of ether oxygens (including phenoxy) is 2. The molecule has 0 unspecified atom stereocenters. The second-order valence-electron chi connectivity index (χ2n) is 7.96. The van der Waals surface area contributed by atoms with Crippen LogP contribution in [-0.4, -0.2) is 56.1 Å². The van der Waals surface area contributed by atoms with E-state index in [1.165, 1.54) is 0 Å². The maximum absolute atomic E-state index is 12.3. The number of aromatic nitrogens is 2. The van der Waals surface area contributed by atoms with E-state index < -0.39 is 5.60 Å². The number of amides is 2. The van der Waals surface area contributed by atoms with Gasteiger partial charge in [-0.2, -0.15) is 4.98 Å². The molecule has 8 nitrogen and oxygen atoms in total. The van der Waals surface area contributed by atoms with E-state index in [0.717, 1.165) is 11.3 Å². The van der Waals surface area contributed by atoms with Gasteiger partial charge in [0.1, 0.15) is 11.7 Å². The van der Waals surface area contributed by atoms with Gasteiger partial charge in [0.05, 0.1) is 18.8 Å². The van der Waals surface area contributed by atoms with Crippen molar-refractivity contribution < 1.29 is 19.1 Å². The molecule has 2 atom stereocenters. The molecular formula is C18H26N4O4. The van der Waals surface area contributed by atoms with Crippen LogP contribution in [-0.2, 0) is 22.6 Å². The predicted octanol–water partition coefficient (Wildman–Crippen LogP) is 2.12. The van der Waals surface area contributed by atoms with Gasteiger partial charge < -0.3 is 19.3 Å². The Hall–Kier alpha value is -2.38. The number of hydrogen-bond acceptors (Lipinski definition) is 6. The Morgan fingerprint density at radius 1 is 1.27 bits per heavy atom. The van der Waals surface area contributed by atoms with Crippen molar-refractivity contribution in [1.29, 1.82) is 0 Å². The minimum atomic E-state index is -0.526. The molecule has 1 fully saturated rings. The van der Waals surface area contributed by atoms with E-state index >= 15 is 0 Å². The summed E-state index contributed by atoms with van der Waals surface area (Å²) < 4.78 is 11.4. The second-order valence-corrected chi connectivity index (χ2v) is 7.96. The fourth-order valence-electron chi connectivity index (χ4n) is 3.21. The molecule has 2 aliphatic heterocycles. The molecule has 8 heteroatoms. The van der Waals surface area contributed by atoms with Gasteiger partial charge >= 0.3 is 12.1 Å². The molecule has 0 spiro atoms. The predicted molar refractivity (Wildman–Crippen MR) is 93.4 cm³/mol. The molecule has 0 bridgehead atoms. The number of fused-ring (bicyclic) bond motifs is 1. The van der Waals surface area contributed by atoms with Gasteiger partial charge in [-0.05, 0) is 27.7 Å². The average Bonchev–Trinajstić information content (AvgIpc) is 3.08. The van der Waals surface area contributed by atoms with Crippen LogP contribution >= 0.6 is 0 Å². The first-order chi connectivity index (χ1) is 12.1.